The zero-order valence-electron chi connectivity index (χ0n) is 12.7. The summed E-state index contributed by atoms with van der Waals surface area (Å²) < 4.78 is 5.31. The lowest BCUT2D eigenvalue weighted by Gasteiger charge is -2.12. The number of thiophene rings is 1. The third kappa shape index (κ3) is 2.66. The number of rotatable bonds is 3. The number of aromatic nitrogens is 1. The maximum Gasteiger partial charge on any atom is 0.320 e. The van der Waals surface area contributed by atoms with Gasteiger partial charge < -0.3 is 15.0 Å². The summed E-state index contributed by atoms with van der Waals surface area (Å²) >= 11 is 1.51. The molecule has 2 heterocycles. The number of methoxy groups -OCH3 is 1. The third-order valence-electron chi connectivity index (χ3n) is 4.20. The van der Waals surface area contributed by atoms with Crippen LogP contribution in [0.2, 0.25) is 0 Å². The Morgan fingerprint density at radius 3 is 3.04 bits per heavy atom. The second kappa shape index (κ2) is 5.62. The fraction of sp³-hybridized carbons (Fsp3) is 0.235. The van der Waals surface area contributed by atoms with Gasteiger partial charge in [0.25, 0.3) is 0 Å². The summed E-state index contributed by atoms with van der Waals surface area (Å²) in [7, 11) is 1.67. The molecule has 0 spiro atoms. The highest BCUT2D eigenvalue weighted by Crippen LogP contribution is 2.32. The quantitative estimate of drug-likeness (QED) is 0.689. The van der Waals surface area contributed by atoms with Crippen LogP contribution >= 0.6 is 11.3 Å². The van der Waals surface area contributed by atoms with E-state index in [0.29, 0.717) is 0 Å². The molecule has 4 rings (SSSR count). The lowest BCUT2D eigenvalue weighted by molar-refractivity contribution is 0.249. The molecule has 0 radical (unpaired) electrons. The smallest absolute Gasteiger partial charge is 0.320 e. The number of amides is 2. The Kier molecular flexibility index (Phi) is 3.46. The van der Waals surface area contributed by atoms with Crippen molar-refractivity contribution < 1.29 is 9.53 Å². The van der Waals surface area contributed by atoms with Gasteiger partial charge in [-0.1, -0.05) is 0 Å². The van der Waals surface area contributed by atoms with Crippen LogP contribution < -0.4 is 15.4 Å². The van der Waals surface area contributed by atoms with Gasteiger partial charge in [-0.3, -0.25) is 5.32 Å². The van der Waals surface area contributed by atoms with Crippen LogP contribution in [0.3, 0.4) is 0 Å². The van der Waals surface area contributed by atoms with Crippen LogP contribution in [0.25, 0.3) is 10.9 Å². The Bertz CT molecular complexity index is 854. The SMILES string of the molecule is COc1ccc2[nH]c3c(c2c1)CC(NC(=O)Nc1cccs1)C3. The van der Waals surface area contributed by atoms with E-state index in [1.165, 1.54) is 28.0 Å². The molecule has 23 heavy (non-hydrogen) atoms. The molecule has 1 aliphatic carbocycles. The molecule has 3 aromatic rings. The van der Waals surface area contributed by atoms with E-state index < -0.39 is 0 Å². The third-order valence-corrected chi connectivity index (χ3v) is 4.98. The van der Waals surface area contributed by atoms with E-state index in [2.05, 4.69) is 21.7 Å². The summed E-state index contributed by atoms with van der Waals surface area (Å²) in [4.78, 5) is 15.5. The molecule has 1 aromatic carbocycles. The van der Waals surface area contributed by atoms with Crippen LogP contribution in [-0.4, -0.2) is 24.2 Å². The highest BCUT2D eigenvalue weighted by molar-refractivity contribution is 7.14. The van der Waals surface area contributed by atoms with Gasteiger partial charge in [-0.15, -0.1) is 11.3 Å². The fourth-order valence-electron chi connectivity index (χ4n) is 3.17. The summed E-state index contributed by atoms with van der Waals surface area (Å²) in [6.07, 6.45) is 1.66. The average molecular weight is 327 g/mol. The van der Waals surface area contributed by atoms with E-state index in [0.717, 1.165) is 29.1 Å². The molecular formula is C17H17N3O2S. The van der Waals surface area contributed by atoms with Crippen molar-refractivity contribution in [3.8, 4) is 5.75 Å². The van der Waals surface area contributed by atoms with Crippen molar-refractivity contribution in [2.75, 3.05) is 12.4 Å². The number of carbonyl (C=O) groups is 1. The number of H-pyrrole nitrogens is 1. The van der Waals surface area contributed by atoms with Gasteiger partial charge in [0.1, 0.15) is 5.75 Å². The van der Waals surface area contributed by atoms with Crippen molar-refractivity contribution in [2.45, 2.75) is 18.9 Å². The van der Waals surface area contributed by atoms with Crippen LogP contribution in [0, 0.1) is 0 Å². The van der Waals surface area contributed by atoms with Gasteiger partial charge in [-0.05, 0) is 47.7 Å². The Labute approximate surface area is 137 Å². The van der Waals surface area contributed by atoms with E-state index in [9.17, 15) is 4.79 Å². The largest absolute Gasteiger partial charge is 0.497 e. The zero-order chi connectivity index (χ0) is 15.8. The number of hydrogen-bond acceptors (Lipinski definition) is 3. The van der Waals surface area contributed by atoms with Gasteiger partial charge in [0.05, 0.1) is 12.1 Å². The molecule has 1 unspecified atom stereocenters. The lowest BCUT2D eigenvalue weighted by atomic mass is 10.1. The number of aromatic amines is 1. The molecule has 3 N–H and O–H groups in total. The second-order valence-electron chi connectivity index (χ2n) is 5.67. The lowest BCUT2D eigenvalue weighted by Crippen LogP contribution is -2.38. The van der Waals surface area contributed by atoms with Crippen molar-refractivity contribution in [2.24, 2.45) is 0 Å². The van der Waals surface area contributed by atoms with E-state index in [1.807, 2.05) is 29.6 Å². The van der Waals surface area contributed by atoms with Gasteiger partial charge in [0.2, 0.25) is 0 Å². The van der Waals surface area contributed by atoms with Gasteiger partial charge in [-0.25, -0.2) is 4.79 Å². The Hall–Kier alpha value is -2.47. The van der Waals surface area contributed by atoms with E-state index in [1.54, 1.807) is 7.11 Å². The normalized spacial score (nSPS) is 16.3. The number of hydrogen-bond donors (Lipinski definition) is 3. The van der Waals surface area contributed by atoms with Gasteiger partial charge in [0.15, 0.2) is 0 Å². The first-order valence-corrected chi connectivity index (χ1v) is 8.39. The fourth-order valence-corrected chi connectivity index (χ4v) is 3.78. The number of fused-ring (bicyclic) bond motifs is 3. The number of urea groups is 1. The molecule has 0 aliphatic heterocycles. The minimum absolute atomic E-state index is 0.117. The molecule has 5 nitrogen and oxygen atoms in total. The first-order chi connectivity index (χ1) is 11.2. The van der Waals surface area contributed by atoms with E-state index in [4.69, 9.17) is 4.74 Å². The maximum absolute atomic E-state index is 12.1. The minimum Gasteiger partial charge on any atom is -0.497 e. The van der Waals surface area contributed by atoms with Crippen molar-refractivity contribution in [1.29, 1.82) is 0 Å². The highest BCUT2D eigenvalue weighted by atomic mass is 32.1. The van der Waals surface area contributed by atoms with E-state index >= 15 is 0 Å². The van der Waals surface area contributed by atoms with E-state index in [-0.39, 0.29) is 12.1 Å². The standard InChI is InChI=1S/C17H17N3O2S/c1-22-11-4-5-14-13(9-11)12-7-10(8-15(12)19-14)18-17(21)20-16-3-2-6-23-16/h2-6,9-10,19H,7-8H2,1H3,(H2,18,20,21). The summed E-state index contributed by atoms with van der Waals surface area (Å²) in [6.45, 7) is 0. The number of benzene rings is 1. The summed E-state index contributed by atoms with van der Waals surface area (Å²) in [6, 6.07) is 9.83. The predicted molar refractivity (Wildman–Crippen MR) is 92.5 cm³/mol. The van der Waals surface area contributed by atoms with Gasteiger partial charge >= 0.3 is 6.03 Å². The maximum atomic E-state index is 12.1. The van der Waals surface area contributed by atoms with Crippen molar-refractivity contribution in [3.05, 3.63) is 47.0 Å². The van der Waals surface area contributed by atoms with Crippen LogP contribution in [-0.2, 0) is 12.8 Å². The Morgan fingerprint density at radius 1 is 1.35 bits per heavy atom. The Morgan fingerprint density at radius 2 is 2.26 bits per heavy atom. The highest BCUT2D eigenvalue weighted by Gasteiger charge is 2.26. The second-order valence-corrected chi connectivity index (χ2v) is 6.62. The number of ether oxygens (including phenoxy) is 1. The number of nitrogens with one attached hydrogen (secondary N) is 3. The topological polar surface area (TPSA) is 66.1 Å². The molecule has 1 atom stereocenters. The van der Waals surface area contributed by atoms with Crippen molar-refractivity contribution in [3.63, 3.8) is 0 Å². The average Bonchev–Trinajstić information content (AvgIpc) is 3.23. The molecule has 0 saturated carbocycles. The Balaban J connectivity index is 1.48. The first kappa shape index (κ1) is 14.1. The number of carbonyl (C=O) groups excluding carboxylic acids is 1. The van der Waals surface area contributed by atoms with Crippen LogP contribution in [0.15, 0.2) is 35.7 Å². The van der Waals surface area contributed by atoms with Crippen LogP contribution in [0.5, 0.6) is 5.75 Å². The summed E-state index contributed by atoms with van der Waals surface area (Å²) in [5.74, 6) is 0.853. The zero-order valence-corrected chi connectivity index (χ0v) is 13.5. The predicted octanol–water partition coefficient (Wildman–Crippen LogP) is 3.53. The number of anilines is 1. The summed E-state index contributed by atoms with van der Waals surface area (Å²) in [5.41, 5.74) is 3.60. The molecule has 2 amide bonds. The van der Waals surface area contributed by atoms with Crippen LogP contribution in [0.4, 0.5) is 9.80 Å². The molecule has 6 heteroatoms. The molecule has 118 valence electrons. The minimum atomic E-state index is -0.149. The molecule has 0 fully saturated rings. The molecule has 1 aliphatic rings. The first-order valence-electron chi connectivity index (χ1n) is 7.51. The van der Waals surface area contributed by atoms with Crippen molar-refractivity contribution >= 4 is 33.3 Å². The summed E-state index contributed by atoms with van der Waals surface area (Å²) in [5, 5.41) is 9.89. The molecule has 0 bridgehead atoms. The monoisotopic (exact) mass is 327 g/mol. The molecule has 2 aromatic heterocycles. The molecular weight excluding hydrogens is 310 g/mol. The van der Waals surface area contributed by atoms with Crippen molar-refractivity contribution in [1.82, 2.24) is 10.3 Å². The van der Waals surface area contributed by atoms with Gasteiger partial charge in [-0.2, -0.15) is 0 Å². The molecule has 0 saturated heterocycles. The van der Waals surface area contributed by atoms with Crippen LogP contribution in [0.1, 0.15) is 11.3 Å². The van der Waals surface area contributed by atoms with Gasteiger partial charge in [0, 0.05) is 29.1 Å².